The average Bonchev–Trinajstić information content (AvgIpc) is 3.23. The van der Waals surface area contributed by atoms with Gasteiger partial charge in [0.15, 0.2) is 0 Å². The highest BCUT2D eigenvalue weighted by Gasteiger charge is 2.14. The molecule has 0 saturated carbocycles. The van der Waals surface area contributed by atoms with Gasteiger partial charge in [-0.25, -0.2) is 0 Å². The van der Waals surface area contributed by atoms with E-state index in [2.05, 4.69) is 15.5 Å². The fourth-order valence-electron chi connectivity index (χ4n) is 2.16. The molecule has 25 heavy (non-hydrogen) atoms. The summed E-state index contributed by atoms with van der Waals surface area (Å²) < 4.78 is 10.7. The highest BCUT2D eigenvalue weighted by molar-refractivity contribution is 7.99. The van der Waals surface area contributed by atoms with Gasteiger partial charge >= 0.3 is 0 Å². The zero-order valence-electron chi connectivity index (χ0n) is 13.5. The Morgan fingerprint density at radius 2 is 2.04 bits per heavy atom. The zero-order valence-corrected chi connectivity index (χ0v) is 15.1. The summed E-state index contributed by atoms with van der Waals surface area (Å²) in [4.78, 5) is 11.9. The molecule has 1 amide bonds. The largest absolute Gasteiger partial charge is 0.469 e. The molecule has 1 aromatic carbocycles. The Labute approximate surface area is 154 Å². The number of thioether (sulfide) groups is 1. The summed E-state index contributed by atoms with van der Waals surface area (Å²) in [6.45, 7) is 2.38. The van der Waals surface area contributed by atoms with Gasteiger partial charge in [0.25, 0.3) is 11.1 Å². The van der Waals surface area contributed by atoms with Crippen LogP contribution in [0.5, 0.6) is 0 Å². The van der Waals surface area contributed by atoms with Gasteiger partial charge in [-0.2, -0.15) is 0 Å². The molecule has 3 rings (SSSR count). The van der Waals surface area contributed by atoms with E-state index < -0.39 is 0 Å². The second kappa shape index (κ2) is 8.22. The molecule has 0 bridgehead atoms. The van der Waals surface area contributed by atoms with E-state index in [1.807, 2.05) is 31.2 Å². The van der Waals surface area contributed by atoms with Crippen LogP contribution >= 0.6 is 23.4 Å². The number of hydrogen-bond acceptors (Lipinski definition) is 6. The van der Waals surface area contributed by atoms with Gasteiger partial charge in [-0.3, -0.25) is 4.79 Å². The molecule has 0 fully saturated rings. The minimum absolute atomic E-state index is 0.0850. The number of aromatic nitrogens is 2. The zero-order chi connectivity index (χ0) is 17.6. The molecular weight excluding hydrogens is 362 g/mol. The number of furan rings is 1. The molecular formula is C17H16ClN3O3S. The number of amides is 1. The Balaban J connectivity index is 1.42. The number of carbonyl (C=O) groups is 1. The van der Waals surface area contributed by atoms with Crippen molar-refractivity contribution in [1.82, 2.24) is 15.5 Å². The molecule has 1 N–H and O–H groups in total. The lowest BCUT2D eigenvalue weighted by Gasteiger charge is -2.04. The number of hydrogen-bond donors (Lipinski definition) is 1. The number of aryl methyl sites for hydroxylation is 1. The van der Waals surface area contributed by atoms with Crippen molar-refractivity contribution in [2.24, 2.45) is 0 Å². The van der Waals surface area contributed by atoms with E-state index in [0.29, 0.717) is 28.4 Å². The van der Waals surface area contributed by atoms with Crippen molar-refractivity contribution in [3.8, 4) is 11.5 Å². The van der Waals surface area contributed by atoms with Crippen molar-refractivity contribution in [3.05, 3.63) is 52.9 Å². The van der Waals surface area contributed by atoms with Crippen LogP contribution in [0.3, 0.4) is 0 Å². The van der Waals surface area contributed by atoms with Crippen molar-refractivity contribution in [2.45, 2.75) is 18.6 Å². The number of carbonyl (C=O) groups excluding carboxylic acids is 1. The van der Waals surface area contributed by atoms with Gasteiger partial charge in [0, 0.05) is 11.6 Å². The lowest BCUT2D eigenvalue weighted by Crippen LogP contribution is -2.27. The smallest absolute Gasteiger partial charge is 0.277 e. The molecule has 0 aliphatic rings. The fourth-order valence-corrected chi connectivity index (χ4v) is 2.88. The van der Waals surface area contributed by atoms with Crippen LogP contribution in [0.2, 0.25) is 5.02 Å². The van der Waals surface area contributed by atoms with E-state index in [1.54, 1.807) is 12.3 Å². The predicted octanol–water partition coefficient (Wildman–Crippen LogP) is 3.74. The van der Waals surface area contributed by atoms with Gasteiger partial charge in [0.2, 0.25) is 5.91 Å². The first-order chi connectivity index (χ1) is 12.1. The van der Waals surface area contributed by atoms with Gasteiger partial charge in [-0.05, 0) is 37.1 Å². The second-order valence-corrected chi connectivity index (χ2v) is 6.64. The van der Waals surface area contributed by atoms with Crippen molar-refractivity contribution in [3.63, 3.8) is 0 Å². The maximum Gasteiger partial charge on any atom is 0.277 e. The van der Waals surface area contributed by atoms with Gasteiger partial charge in [0.05, 0.1) is 17.6 Å². The number of nitrogens with one attached hydrogen (secondary N) is 1. The highest BCUT2D eigenvalue weighted by Crippen LogP contribution is 2.26. The van der Waals surface area contributed by atoms with E-state index in [9.17, 15) is 4.79 Å². The topological polar surface area (TPSA) is 81.2 Å². The molecule has 0 aliphatic carbocycles. The summed E-state index contributed by atoms with van der Waals surface area (Å²) in [5.74, 6) is 1.22. The first-order valence-corrected chi connectivity index (χ1v) is 9.00. The highest BCUT2D eigenvalue weighted by atomic mass is 35.5. The Kier molecular flexibility index (Phi) is 5.78. The van der Waals surface area contributed by atoms with Crippen LogP contribution in [0.25, 0.3) is 11.5 Å². The lowest BCUT2D eigenvalue weighted by molar-refractivity contribution is -0.118. The minimum Gasteiger partial charge on any atom is -0.469 e. The first-order valence-electron chi connectivity index (χ1n) is 7.64. The third-order valence-electron chi connectivity index (χ3n) is 3.47. The van der Waals surface area contributed by atoms with Gasteiger partial charge in [-0.1, -0.05) is 35.5 Å². The van der Waals surface area contributed by atoms with Crippen LogP contribution in [0.15, 0.2) is 50.7 Å². The molecule has 0 saturated heterocycles. The number of benzene rings is 1. The molecule has 8 heteroatoms. The van der Waals surface area contributed by atoms with Crippen molar-refractivity contribution >= 4 is 29.3 Å². The maximum absolute atomic E-state index is 11.9. The first kappa shape index (κ1) is 17.6. The molecule has 2 aromatic heterocycles. The molecule has 6 nitrogen and oxygen atoms in total. The number of rotatable bonds is 7. The normalized spacial score (nSPS) is 10.8. The van der Waals surface area contributed by atoms with Crippen LogP contribution in [0, 0.1) is 6.92 Å². The minimum atomic E-state index is -0.0850. The molecule has 0 aliphatic heterocycles. The van der Waals surface area contributed by atoms with Crippen molar-refractivity contribution in [2.75, 3.05) is 12.3 Å². The standard InChI is InChI=1S/C17H16ClN3O3S/c1-11-14(7-9-23-11)16-20-21-17(24-16)25-10-15(22)19-8-6-12-2-4-13(18)5-3-12/h2-5,7,9H,6,8,10H2,1H3,(H,19,22). The van der Waals surface area contributed by atoms with E-state index >= 15 is 0 Å². The molecule has 0 unspecified atom stereocenters. The summed E-state index contributed by atoms with van der Waals surface area (Å²) in [7, 11) is 0. The van der Waals surface area contributed by atoms with E-state index in [4.69, 9.17) is 20.4 Å². The number of halogens is 1. The van der Waals surface area contributed by atoms with Gasteiger partial charge in [0.1, 0.15) is 5.76 Å². The van der Waals surface area contributed by atoms with E-state index in [-0.39, 0.29) is 11.7 Å². The average molecular weight is 378 g/mol. The molecule has 0 spiro atoms. The third-order valence-corrected chi connectivity index (χ3v) is 4.54. The van der Waals surface area contributed by atoms with Crippen molar-refractivity contribution in [1.29, 1.82) is 0 Å². The van der Waals surface area contributed by atoms with Crippen LogP contribution in [-0.2, 0) is 11.2 Å². The summed E-state index contributed by atoms with van der Waals surface area (Å²) in [6, 6.07) is 9.33. The summed E-state index contributed by atoms with van der Waals surface area (Å²) in [5, 5.41) is 11.8. The number of nitrogens with zero attached hydrogens (tertiary/aromatic N) is 2. The monoisotopic (exact) mass is 377 g/mol. The Hall–Kier alpha value is -2.25. The second-order valence-electron chi connectivity index (χ2n) is 5.28. The van der Waals surface area contributed by atoms with Crippen LogP contribution in [0.4, 0.5) is 0 Å². The van der Waals surface area contributed by atoms with E-state index in [0.717, 1.165) is 17.5 Å². The van der Waals surface area contributed by atoms with Crippen LogP contribution in [0.1, 0.15) is 11.3 Å². The Bertz CT molecular complexity index is 845. The summed E-state index contributed by atoms with van der Waals surface area (Å²) >= 11 is 7.04. The van der Waals surface area contributed by atoms with Gasteiger partial charge < -0.3 is 14.2 Å². The molecule has 3 aromatic rings. The molecule has 0 atom stereocenters. The Morgan fingerprint density at radius 1 is 1.24 bits per heavy atom. The molecule has 130 valence electrons. The fraction of sp³-hybridized carbons (Fsp3) is 0.235. The quantitative estimate of drug-likeness (QED) is 0.631. The predicted molar refractivity (Wildman–Crippen MR) is 95.6 cm³/mol. The van der Waals surface area contributed by atoms with E-state index in [1.165, 1.54) is 11.8 Å². The summed E-state index contributed by atoms with van der Waals surface area (Å²) in [5.41, 5.74) is 1.88. The lowest BCUT2D eigenvalue weighted by atomic mass is 10.1. The summed E-state index contributed by atoms with van der Waals surface area (Å²) in [6.07, 6.45) is 2.31. The van der Waals surface area contributed by atoms with Crippen molar-refractivity contribution < 1.29 is 13.6 Å². The molecule has 2 heterocycles. The van der Waals surface area contributed by atoms with Gasteiger partial charge in [-0.15, -0.1) is 10.2 Å². The maximum atomic E-state index is 11.9. The SMILES string of the molecule is Cc1occc1-c1nnc(SCC(=O)NCCc2ccc(Cl)cc2)o1. The Morgan fingerprint density at radius 3 is 2.76 bits per heavy atom. The molecule has 0 radical (unpaired) electrons. The van der Waals surface area contributed by atoms with Crippen LogP contribution in [-0.4, -0.2) is 28.4 Å². The third kappa shape index (κ3) is 4.87. The van der Waals surface area contributed by atoms with Crippen LogP contribution < -0.4 is 5.32 Å².